The number of aliphatic hydroxyl groups excluding tert-OH is 3. The Balaban J connectivity index is 0.000000329. The molecule has 5 aliphatic carbocycles. The molecule has 472 valence electrons. The van der Waals surface area contributed by atoms with E-state index in [4.69, 9.17) is 28.8 Å². The SMILES string of the molecule is C=C(C)C1C(CC(=O)O)C(C(=O)O)N(C(O)COC(=O)C(C)(C)CC)C1C(=O)O.CCC(C)(C)C(=O)OCC(O)COC(=O)C1CCCC(C(=O)O)C1.CCC(C)(C)C(=O)OCC(O)COC(=O)CC12CC3CC(CC(CC(=O)O)(C3)C1)C2. The van der Waals surface area contributed by atoms with Crippen molar-refractivity contribution >= 4 is 59.7 Å². The highest BCUT2D eigenvalue weighted by Crippen LogP contribution is 2.67. The van der Waals surface area contributed by atoms with E-state index in [1.54, 1.807) is 48.5 Å². The fourth-order valence-electron chi connectivity index (χ4n) is 12.6. The number of carbonyl (C=O) groups excluding carboxylic acids is 5. The molecular weight excluding hydrogens is 1090 g/mol. The van der Waals surface area contributed by atoms with Gasteiger partial charge in [0.2, 0.25) is 0 Å². The van der Waals surface area contributed by atoms with Gasteiger partial charge in [0.1, 0.15) is 63.6 Å². The van der Waals surface area contributed by atoms with E-state index in [0.717, 1.165) is 43.4 Å². The van der Waals surface area contributed by atoms with Gasteiger partial charge in [-0.05, 0) is 148 Å². The summed E-state index contributed by atoms with van der Waals surface area (Å²) in [7, 11) is 0. The molecule has 0 amide bonds. The molecule has 4 bridgehead atoms. The summed E-state index contributed by atoms with van der Waals surface area (Å²) in [4.78, 5) is 119. The molecule has 0 aromatic rings. The number of esters is 5. The molecule has 1 aliphatic heterocycles. The molecule has 11 atom stereocenters. The number of aliphatic carboxylic acids is 5. The standard InChI is InChI=1S/C23H36O7.C19H29NO9.C17H28O7/c1-4-21(2,3)20(28)30-13-17(24)12-29-19(27)11-23-8-15-5-16(9-23)7-22(6-15,14-23)10-18(25)26;1-6-19(4,5)18(28)29-8-11(21)20-14(16(24)25)10(7-12(22)23)13(9(2)3)15(20)17(26)27;1-4-17(2,3)16(22)24-10-13(18)9-23-15(21)12-7-5-6-11(8-12)14(19)20/h15-17,24H,4-14H2,1-3H3,(H,25,26);10-11,13-15,21H,2,6-8H2,1,3-5H3,(H,22,23)(H,24,25)(H,26,27);11-13,18H,4-10H2,1-3H3,(H,19,20). The van der Waals surface area contributed by atoms with E-state index >= 15 is 0 Å². The van der Waals surface area contributed by atoms with Crippen LogP contribution in [0.25, 0.3) is 0 Å². The van der Waals surface area contributed by atoms with Gasteiger partial charge in [-0.2, -0.15) is 0 Å². The van der Waals surface area contributed by atoms with Gasteiger partial charge < -0.3 is 64.5 Å². The zero-order chi connectivity index (χ0) is 63.2. The molecule has 8 N–H and O–H groups in total. The minimum atomic E-state index is -1.76. The Labute approximate surface area is 485 Å². The van der Waals surface area contributed by atoms with Gasteiger partial charge in [-0.15, -0.1) is 0 Å². The van der Waals surface area contributed by atoms with Crippen molar-refractivity contribution in [2.75, 3.05) is 33.0 Å². The molecule has 5 saturated carbocycles. The van der Waals surface area contributed by atoms with Crippen molar-refractivity contribution in [3.63, 3.8) is 0 Å². The Morgan fingerprint density at radius 3 is 1.39 bits per heavy atom. The van der Waals surface area contributed by atoms with E-state index in [-0.39, 0.29) is 74.0 Å². The Morgan fingerprint density at radius 2 is 0.976 bits per heavy atom. The molecule has 6 rings (SSSR count). The average Bonchev–Trinajstić information content (AvgIpc) is 3.99. The van der Waals surface area contributed by atoms with Crippen LogP contribution in [0, 0.1) is 62.6 Å². The fraction of sp³-hybridized carbons (Fsp3) is 0.797. The quantitative estimate of drug-likeness (QED) is 0.0258. The molecule has 6 aliphatic rings. The van der Waals surface area contributed by atoms with Crippen LogP contribution in [-0.2, 0) is 71.6 Å². The summed E-state index contributed by atoms with van der Waals surface area (Å²) in [6.07, 6.45) is 5.53. The van der Waals surface area contributed by atoms with Crippen LogP contribution < -0.4 is 0 Å². The summed E-state index contributed by atoms with van der Waals surface area (Å²) in [5.41, 5.74) is -2.12. The van der Waals surface area contributed by atoms with Crippen molar-refractivity contribution in [2.24, 2.45) is 62.6 Å². The number of aliphatic hydroxyl groups is 3. The van der Waals surface area contributed by atoms with Crippen molar-refractivity contribution in [1.82, 2.24) is 4.90 Å². The number of carboxylic acid groups (broad SMARTS) is 5. The summed E-state index contributed by atoms with van der Waals surface area (Å²) in [5, 5.41) is 77.4. The molecule has 1 heterocycles. The first-order valence-electron chi connectivity index (χ1n) is 28.8. The second-order valence-electron chi connectivity index (χ2n) is 25.9. The lowest BCUT2D eigenvalue weighted by Crippen LogP contribution is -2.53. The van der Waals surface area contributed by atoms with E-state index < -0.39 is 131 Å². The second-order valence-corrected chi connectivity index (χ2v) is 25.9. The molecule has 0 aromatic heterocycles. The minimum absolute atomic E-state index is 0.167. The van der Waals surface area contributed by atoms with Crippen molar-refractivity contribution in [2.45, 2.75) is 202 Å². The number of ether oxygens (including phenoxy) is 5. The first-order chi connectivity index (χ1) is 38.4. The molecule has 24 nitrogen and oxygen atoms in total. The van der Waals surface area contributed by atoms with Crippen molar-refractivity contribution in [3.05, 3.63) is 12.2 Å². The summed E-state index contributed by atoms with van der Waals surface area (Å²) >= 11 is 0. The van der Waals surface area contributed by atoms with Crippen molar-refractivity contribution in [3.8, 4) is 0 Å². The van der Waals surface area contributed by atoms with E-state index in [0.29, 0.717) is 50.4 Å². The number of hydrogen-bond acceptors (Lipinski definition) is 19. The van der Waals surface area contributed by atoms with Crippen LogP contribution in [0.1, 0.15) is 172 Å². The maximum Gasteiger partial charge on any atom is 0.321 e. The van der Waals surface area contributed by atoms with Crippen molar-refractivity contribution < 1.29 is 112 Å². The molecule has 6 fully saturated rings. The predicted molar refractivity (Wildman–Crippen MR) is 293 cm³/mol. The monoisotopic (exact) mass is 1180 g/mol. The zero-order valence-electron chi connectivity index (χ0n) is 50.1. The maximum atomic E-state index is 12.5. The van der Waals surface area contributed by atoms with Gasteiger partial charge in [0, 0.05) is 11.8 Å². The topological polar surface area (TPSA) is 382 Å². The lowest BCUT2D eigenvalue weighted by atomic mass is 9.43. The van der Waals surface area contributed by atoms with Gasteiger partial charge in [-0.1, -0.05) is 39.3 Å². The third-order valence-corrected chi connectivity index (χ3v) is 17.7. The largest absolute Gasteiger partial charge is 0.481 e. The maximum absolute atomic E-state index is 12.5. The van der Waals surface area contributed by atoms with Crippen LogP contribution in [0.5, 0.6) is 0 Å². The van der Waals surface area contributed by atoms with Crippen LogP contribution in [0.2, 0.25) is 0 Å². The Kier molecular flexibility index (Phi) is 26.2. The van der Waals surface area contributed by atoms with Crippen LogP contribution in [0.3, 0.4) is 0 Å². The van der Waals surface area contributed by atoms with Crippen LogP contribution in [0.4, 0.5) is 0 Å². The molecule has 0 aromatic carbocycles. The van der Waals surface area contributed by atoms with Crippen LogP contribution in [0.15, 0.2) is 12.2 Å². The molecule has 0 radical (unpaired) electrons. The smallest absolute Gasteiger partial charge is 0.321 e. The summed E-state index contributed by atoms with van der Waals surface area (Å²) in [6.45, 7) is 19.5. The normalized spacial score (nSPS) is 27.6. The lowest BCUT2D eigenvalue weighted by Gasteiger charge is -2.61. The lowest BCUT2D eigenvalue weighted by molar-refractivity contribution is -0.170. The Bertz CT molecular complexity index is 2310. The number of carboxylic acids is 5. The Morgan fingerprint density at radius 1 is 0.554 bits per heavy atom. The van der Waals surface area contributed by atoms with Gasteiger partial charge in [0.15, 0.2) is 0 Å². The molecular formula is C59H93NO23. The van der Waals surface area contributed by atoms with Gasteiger partial charge >= 0.3 is 59.7 Å². The summed E-state index contributed by atoms with van der Waals surface area (Å²) in [6, 6.07) is -3.15. The molecule has 1 saturated heterocycles. The predicted octanol–water partition coefficient (Wildman–Crippen LogP) is 5.87. The second kappa shape index (κ2) is 30.4. The number of nitrogens with zero attached hydrogens (tertiary/aromatic N) is 1. The van der Waals surface area contributed by atoms with Gasteiger partial charge in [0.25, 0.3) is 0 Å². The molecule has 11 unspecified atom stereocenters. The number of hydrogen-bond donors (Lipinski definition) is 8. The first-order valence-corrected chi connectivity index (χ1v) is 28.8. The average molecular weight is 1180 g/mol. The van der Waals surface area contributed by atoms with Gasteiger partial charge in [0.05, 0.1) is 47.3 Å². The molecule has 0 spiro atoms. The first kappa shape index (κ1) is 71.5. The molecule has 83 heavy (non-hydrogen) atoms. The van der Waals surface area contributed by atoms with E-state index in [1.165, 1.54) is 6.92 Å². The minimum Gasteiger partial charge on any atom is -0.481 e. The highest BCUT2D eigenvalue weighted by atomic mass is 16.6. The number of rotatable bonds is 28. The Hall–Kier alpha value is -5.72. The van der Waals surface area contributed by atoms with Gasteiger partial charge in [-0.25, -0.2) is 4.90 Å². The summed E-state index contributed by atoms with van der Waals surface area (Å²) < 4.78 is 25.6. The number of carbonyl (C=O) groups is 10. The fourth-order valence-corrected chi connectivity index (χ4v) is 12.6. The zero-order valence-corrected chi connectivity index (χ0v) is 50.1. The van der Waals surface area contributed by atoms with E-state index in [9.17, 15) is 83.7 Å². The van der Waals surface area contributed by atoms with Crippen molar-refractivity contribution in [1.29, 1.82) is 0 Å². The van der Waals surface area contributed by atoms with E-state index in [1.807, 2.05) is 13.8 Å². The molecule has 24 heteroatoms. The summed E-state index contributed by atoms with van der Waals surface area (Å²) in [5.74, 6) is -10.3. The highest BCUT2D eigenvalue weighted by Gasteiger charge is 2.60. The van der Waals surface area contributed by atoms with Crippen LogP contribution >= 0.6 is 0 Å². The van der Waals surface area contributed by atoms with Gasteiger partial charge in [-0.3, -0.25) is 47.9 Å². The van der Waals surface area contributed by atoms with E-state index in [2.05, 4.69) is 6.58 Å². The third-order valence-electron chi connectivity index (χ3n) is 17.7. The number of likely N-dealkylation sites (tertiary alicyclic amines) is 1. The highest BCUT2D eigenvalue weighted by molar-refractivity contribution is 5.82. The third kappa shape index (κ3) is 20.2. The van der Waals surface area contributed by atoms with Crippen LogP contribution in [-0.4, -0.2) is 169 Å².